The molecule has 4 nitrogen and oxygen atoms in total. The Balaban J connectivity index is 2.27. The van der Waals surface area contributed by atoms with Crippen LogP contribution in [-0.2, 0) is 0 Å². The van der Waals surface area contributed by atoms with E-state index >= 15 is 0 Å². The minimum Gasteiger partial charge on any atom is -0.494 e. The van der Waals surface area contributed by atoms with Gasteiger partial charge in [0.2, 0.25) is 0 Å². The first kappa shape index (κ1) is 13.0. The molecule has 0 amide bonds. The van der Waals surface area contributed by atoms with Crippen LogP contribution in [0.2, 0.25) is 0 Å². The fourth-order valence-electron chi connectivity index (χ4n) is 1.84. The molecule has 0 spiro atoms. The van der Waals surface area contributed by atoms with E-state index in [0.717, 1.165) is 17.2 Å². The third-order valence-electron chi connectivity index (χ3n) is 2.57. The van der Waals surface area contributed by atoms with Crippen LogP contribution in [0.4, 0.5) is 0 Å². The molecule has 1 heterocycles. The van der Waals surface area contributed by atoms with Gasteiger partial charge in [-0.25, -0.2) is 0 Å². The lowest BCUT2D eigenvalue weighted by Crippen LogP contribution is -2.21. The van der Waals surface area contributed by atoms with Gasteiger partial charge in [0.1, 0.15) is 5.75 Å². The molecule has 18 heavy (non-hydrogen) atoms. The molecule has 0 radical (unpaired) electrons. The van der Waals surface area contributed by atoms with Crippen molar-refractivity contribution in [1.29, 1.82) is 0 Å². The molecule has 0 aliphatic carbocycles. The van der Waals surface area contributed by atoms with Crippen LogP contribution in [-0.4, -0.2) is 22.7 Å². The number of aromatic nitrogens is 2. The SMILES string of the molecule is CCNC(c1cccc(OCC)c1)c1cnns1. The van der Waals surface area contributed by atoms with Gasteiger partial charge in [0.25, 0.3) is 0 Å². The van der Waals surface area contributed by atoms with Gasteiger partial charge in [-0.1, -0.05) is 23.5 Å². The molecule has 96 valence electrons. The normalized spacial score (nSPS) is 12.3. The van der Waals surface area contributed by atoms with Crippen molar-refractivity contribution in [3.63, 3.8) is 0 Å². The molecule has 2 rings (SSSR count). The van der Waals surface area contributed by atoms with Crippen LogP contribution in [0.1, 0.15) is 30.3 Å². The average Bonchev–Trinajstić information content (AvgIpc) is 2.90. The van der Waals surface area contributed by atoms with E-state index in [2.05, 4.69) is 34.0 Å². The summed E-state index contributed by atoms with van der Waals surface area (Å²) in [6, 6.07) is 8.28. The zero-order valence-electron chi connectivity index (χ0n) is 10.6. The monoisotopic (exact) mass is 263 g/mol. The largest absolute Gasteiger partial charge is 0.494 e. The molecular weight excluding hydrogens is 246 g/mol. The summed E-state index contributed by atoms with van der Waals surface area (Å²) in [5.74, 6) is 0.898. The van der Waals surface area contributed by atoms with Crippen LogP contribution < -0.4 is 10.1 Å². The van der Waals surface area contributed by atoms with Crippen molar-refractivity contribution in [1.82, 2.24) is 14.9 Å². The van der Waals surface area contributed by atoms with E-state index in [-0.39, 0.29) is 6.04 Å². The summed E-state index contributed by atoms with van der Waals surface area (Å²) in [7, 11) is 0. The molecule has 2 aromatic rings. The second kappa shape index (κ2) is 6.47. The number of hydrogen-bond donors (Lipinski definition) is 1. The number of ether oxygens (including phenoxy) is 1. The molecule has 1 unspecified atom stereocenters. The Kier molecular flexibility index (Phi) is 4.66. The predicted molar refractivity (Wildman–Crippen MR) is 73.0 cm³/mol. The van der Waals surface area contributed by atoms with Gasteiger partial charge in [-0.05, 0) is 42.7 Å². The Hall–Kier alpha value is -1.46. The van der Waals surface area contributed by atoms with Crippen molar-refractivity contribution in [2.24, 2.45) is 0 Å². The summed E-state index contributed by atoms with van der Waals surface area (Å²) in [5, 5.41) is 7.35. The maximum absolute atomic E-state index is 5.54. The summed E-state index contributed by atoms with van der Waals surface area (Å²) in [6.07, 6.45) is 1.81. The van der Waals surface area contributed by atoms with E-state index in [4.69, 9.17) is 4.74 Å². The average molecular weight is 263 g/mol. The Bertz CT molecular complexity index is 473. The number of benzene rings is 1. The standard InChI is InChI=1S/C13H17N3OS/c1-3-14-13(12-9-15-16-18-12)10-6-5-7-11(8-10)17-4-2/h5-9,13-14H,3-4H2,1-2H3. The van der Waals surface area contributed by atoms with Crippen molar-refractivity contribution in [3.8, 4) is 5.75 Å². The minimum absolute atomic E-state index is 0.135. The third kappa shape index (κ3) is 3.05. The molecule has 0 fully saturated rings. The summed E-state index contributed by atoms with van der Waals surface area (Å²) in [4.78, 5) is 1.12. The van der Waals surface area contributed by atoms with Crippen LogP contribution in [0.5, 0.6) is 5.75 Å². The Morgan fingerprint density at radius 1 is 1.39 bits per heavy atom. The van der Waals surface area contributed by atoms with Gasteiger partial charge < -0.3 is 10.1 Å². The molecule has 0 saturated heterocycles. The minimum atomic E-state index is 0.135. The van der Waals surface area contributed by atoms with Crippen LogP contribution in [0, 0.1) is 0 Å². The zero-order chi connectivity index (χ0) is 12.8. The van der Waals surface area contributed by atoms with Gasteiger partial charge in [-0.2, -0.15) is 0 Å². The predicted octanol–water partition coefficient (Wildman–Crippen LogP) is 2.64. The van der Waals surface area contributed by atoms with E-state index in [9.17, 15) is 0 Å². The molecule has 0 aliphatic rings. The van der Waals surface area contributed by atoms with Crippen LogP contribution in [0.25, 0.3) is 0 Å². The number of nitrogens with one attached hydrogen (secondary N) is 1. The van der Waals surface area contributed by atoms with E-state index in [1.54, 1.807) is 0 Å². The highest BCUT2D eigenvalue weighted by Crippen LogP contribution is 2.26. The molecule has 1 aromatic carbocycles. The molecular formula is C13H17N3OS. The van der Waals surface area contributed by atoms with E-state index in [1.807, 2.05) is 25.3 Å². The Morgan fingerprint density at radius 2 is 2.28 bits per heavy atom. The lowest BCUT2D eigenvalue weighted by molar-refractivity contribution is 0.339. The van der Waals surface area contributed by atoms with E-state index in [0.29, 0.717) is 6.61 Å². The van der Waals surface area contributed by atoms with Crippen molar-refractivity contribution < 1.29 is 4.74 Å². The van der Waals surface area contributed by atoms with Gasteiger partial charge in [0, 0.05) is 0 Å². The Labute approximate surface area is 111 Å². The van der Waals surface area contributed by atoms with Gasteiger partial charge in [-0.15, -0.1) is 5.10 Å². The molecule has 0 aliphatic heterocycles. The smallest absolute Gasteiger partial charge is 0.119 e. The fraction of sp³-hybridized carbons (Fsp3) is 0.385. The quantitative estimate of drug-likeness (QED) is 0.870. The highest BCUT2D eigenvalue weighted by molar-refractivity contribution is 7.05. The van der Waals surface area contributed by atoms with Gasteiger partial charge in [-0.3, -0.25) is 0 Å². The Morgan fingerprint density at radius 3 is 2.94 bits per heavy atom. The van der Waals surface area contributed by atoms with Crippen molar-refractivity contribution in [3.05, 3.63) is 40.9 Å². The maximum atomic E-state index is 5.54. The highest BCUT2D eigenvalue weighted by Gasteiger charge is 2.15. The van der Waals surface area contributed by atoms with Crippen molar-refractivity contribution >= 4 is 11.5 Å². The number of hydrogen-bond acceptors (Lipinski definition) is 5. The summed E-state index contributed by atoms with van der Waals surface area (Å²) >= 11 is 1.42. The number of nitrogens with zero attached hydrogens (tertiary/aromatic N) is 2. The molecule has 1 atom stereocenters. The summed E-state index contributed by atoms with van der Waals surface area (Å²) in [6.45, 7) is 5.65. The molecule has 5 heteroatoms. The first-order valence-electron chi connectivity index (χ1n) is 6.08. The third-order valence-corrected chi connectivity index (χ3v) is 3.30. The lowest BCUT2D eigenvalue weighted by atomic mass is 10.1. The number of rotatable bonds is 6. The molecule has 1 aromatic heterocycles. The first-order chi connectivity index (χ1) is 8.85. The van der Waals surface area contributed by atoms with Crippen molar-refractivity contribution in [2.45, 2.75) is 19.9 Å². The van der Waals surface area contributed by atoms with Gasteiger partial charge >= 0.3 is 0 Å². The van der Waals surface area contributed by atoms with Crippen LogP contribution in [0.3, 0.4) is 0 Å². The molecule has 0 saturated carbocycles. The topological polar surface area (TPSA) is 47.0 Å². The second-order valence-corrected chi connectivity index (χ2v) is 4.63. The molecule has 0 bridgehead atoms. The highest BCUT2D eigenvalue weighted by atomic mass is 32.1. The van der Waals surface area contributed by atoms with Crippen LogP contribution in [0.15, 0.2) is 30.5 Å². The van der Waals surface area contributed by atoms with Gasteiger partial charge in [0.15, 0.2) is 0 Å². The van der Waals surface area contributed by atoms with E-state index < -0.39 is 0 Å². The fourth-order valence-corrected chi connectivity index (χ4v) is 2.45. The first-order valence-corrected chi connectivity index (χ1v) is 6.85. The molecule has 1 N–H and O–H groups in total. The maximum Gasteiger partial charge on any atom is 0.119 e. The summed E-state index contributed by atoms with van der Waals surface area (Å²) in [5.41, 5.74) is 1.17. The zero-order valence-corrected chi connectivity index (χ0v) is 11.4. The summed E-state index contributed by atoms with van der Waals surface area (Å²) < 4.78 is 9.47. The van der Waals surface area contributed by atoms with Gasteiger partial charge in [0.05, 0.1) is 23.7 Å². The van der Waals surface area contributed by atoms with Crippen molar-refractivity contribution in [2.75, 3.05) is 13.2 Å². The second-order valence-electron chi connectivity index (χ2n) is 3.82. The lowest BCUT2D eigenvalue weighted by Gasteiger charge is -2.16. The van der Waals surface area contributed by atoms with E-state index in [1.165, 1.54) is 17.1 Å². The van der Waals surface area contributed by atoms with Crippen LogP contribution >= 0.6 is 11.5 Å².